The van der Waals surface area contributed by atoms with Gasteiger partial charge in [0.25, 0.3) is 0 Å². The van der Waals surface area contributed by atoms with Crippen molar-refractivity contribution in [3.05, 3.63) is 35.5 Å². The molecule has 0 N–H and O–H groups in total. The van der Waals surface area contributed by atoms with Crippen LogP contribution in [0, 0.1) is 5.41 Å². The molecule has 1 aliphatic rings. The van der Waals surface area contributed by atoms with E-state index in [4.69, 9.17) is 0 Å². The van der Waals surface area contributed by atoms with E-state index in [1.807, 2.05) is 19.9 Å². The van der Waals surface area contributed by atoms with Gasteiger partial charge < -0.3 is 0 Å². The highest BCUT2D eigenvalue weighted by Gasteiger charge is 2.11. The molecular formula is C12H17N3. The van der Waals surface area contributed by atoms with Crippen LogP contribution in [-0.4, -0.2) is 9.97 Å². The molecule has 3 nitrogen and oxygen atoms in total. The molecule has 0 fully saturated rings. The predicted octanol–water partition coefficient (Wildman–Crippen LogP) is 1.46. The zero-order valence-corrected chi connectivity index (χ0v) is 9.73. The van der Waals surface area contributed by atoms with Crippen LogP contribution in [-0.2, 0) is 0 Å². The normalized spacial score (nSPS) is 16.0. The molecule has 0 spiro atoms. The van der Waals surface area contributed by atoms with Gasteiger partial charge in [0.1, 0.15) is 5.35 Å². The zero-order valence-electron chi connectivity index (χ0n) is 9.73. The minimum atomic E-state index is 0.00475. The Morgan fingerprint density at radius 2 is 1.73 bits per heavy atom. The van der Waals surface area contributed by atoms with E-state index >= 15 is 0 Å². The Bertz CT molecular complexity index is 458. The van der Waals surface area contributed by atoms with Crippen molar-refractivity contribution in [1.29, 1.82) is 0 Å². The molecule has 0 aliphatic carbocycles. The third-order valence-corrected chi connectivity index (χ3v) is 1.92. The molecule has 0 saturated carbocycles. The van der Waals surface area contributed by atoms with Gasteiger partial charge in [0.2, 0.25) is 0 Å². The lowest BCUT2D eigenvalue weighted by Gasteiger charge is -2.11. The summed E-state index contributed by atoms with van der Waals surface area (Å²) in [7, 11) is 0. The van der Waals surface area contributed by atoms with Gasteiger partial charge in [-0.25, -0.2) is 9.98 Å². The molecule has 15 heavy (non-hydrogen) atoms. The van der Waals surface area contributed by atoms with Crippen LogP contribution in [0.5, 0.6) is 0 Å². The van der Waals surface area contributed by atoms with Gasteiger partial charge in [0, 0.05) is 24.0 Å². The molecular weight excluding hydrogens is 186 g/mol. The van der Waals surface area contributed by atoms with Crippen molar-refractivity contribution in [2.75, 3.05) is 0 Å². The van der Waals surface area contributed by atoms with Gasteiger partial charge in [0.15, 0.2) is 5.49 Å². The van der Waals surface area contributed by atoms with Gasteiger partial charge >= 0.3 is 0 Å². The van der Waals surface area contributed by atoms with Crippen LogP contribution in [0.1, 0.15) is 27.7 Å². The van der Waals surface area contributed by atoms with E-state index in [2.05, 4.69) is 34.9 Å². The van der Waals surface area contributed by atoms with Crippen molar-refractivity contribution in [2.24, 2.45) is 10.4 Å². The lowest BCUT2D eigenvalue weighted by atomic mass is 9.93. The van der Waals surface area contributed by atoms with Gasteiger partial charge in [0.05, 0.1) is 0 Å². The molecule has 0 aromatic carbocycles. The fraction of sp³-hybridized carbons (Fsp3) is 0.417. The number of fused-ring (bicyclic) bond motifs is 1. The van der Waals surface area contributed by atoms with Crippen LogP contribution in [0.15, 0.2) is 29.7 Å². The molecule has 3 heteroatoms. The van der Waals surface area contributed by atoms with Crippen LogP contribution < -0.4 is 10.8 Å². The van der Waals surface area contributed by atoms with Crippen molar-refractivity contribution >= 4 is 6.08 Å². The zero-order chi connectivity index (χ0) is 11.3. The Kier molecular flexibility index (Phi) is 3.72. The lowest BCUT2D eigenvalue weighted by Crippen LogP contribution is -2.31. The van der Waals surface area contributed by atoms with Gasteiger partial charge in [-0.3, -0.25) is 4.98 Å². The summed E-state index contributed by atoms with van der Waals surface area (Å²) in [5.41, 5.74) is 0.703. The Balaban J connectivity index is 0.000000531. The first-order valence-electron chi connectivity index (χ1n) is 5.23. The van der Waals surface area contributed by atoms with Crippen LogP contribution in [0.25, 0.3) is 6.08 Å². The second kappa shape index (κ2) is 4.82. The number of hydrogen-bond acceptors (Lipinski definition) is 3. The maximum absolute atomic E-state index is 4.22. The molecule has 1 aromatic heterocycles. The first kappa shape index (κ1) is 11.6. The minimum absolute atomic E-state index is 0.00475. The van der Waals surface area contributed by atoms with E-state index < -0.39 is 0 Å². The molecule has 1 aliphatic heterocycles. The second-order valence-electron chi connectivity index (χ2n) is 3.68. The van der Waals surface area contributed by atoms with Crippen molar-refractivity contribution in [2.45, 2.75) is 27.7 Å². The molecule has 0 unspecified atom stereocenters. The second-order valence-corrected chi connectivity index (χ2v) is 3.68. The Morgan fingerprint density at radius 1 is 1.07 bits per heavy atom. The third-order valence-electron chi connectivity index (χ3n) is 1.92. The quantitative estimate of drug-likeness (QED) is 0.640. The number of rotatable bonds is 0. The SMILES string of the molecule is CC.CC1(C)C=CN=c2nccnc2=C1. The fourth-order valence-electron chi connectivity index (χ4n) is 1.24. The van der Waals surface area contributed by atoms with E-state index in [0.29, 0.717) is 5.49 Å². The minimum Gasteiger partial charge on any atom is -0.252 e. The summed E-state index contributed by atoms with van der Waals surface area (Å²) in [6.07, 6.45) is 9.24. The van der Waals surface area contributed by atoms with Gasteiger partial charge in [-0.1, -0.05) is 33.8 Å². The van der Waals surface area contributed by atoms with Crippen molar-refractivity contribution in [3.8, 4) is 0 Å². The van der Waals surface area contributed by atoms with Gasteiger partial charge in [-0.15, -0.1) is 0 Å². The lowest BCUT2D eigenvalue weighted by molar-refractivity contribution is 0.667. The van der Waals surface area contributed by atoms with E-state index in [-0.39, 0.29) is 5.41 Å². The van der Waals surface area contributed by atoms with E-state index in [1.165, 1.54) is 0 Å². The molecule has 2 rings (SSSR count). The average molecular weight is 203 g/mol. The molecule has 0 atom stereocenters. The van der Waals surface area contributed by atoms with Gasteiger partial charge in [-0.2, -0.15) is 0 Å². The van der Waals surface area contributed by atoms with Crippen molar-refractivity contribution in [3.63, 3.8) is 0 Å². The standard InChI is InChI=1S/C10H11N3.C2H6/c1-10(2)3-4-12-9-8(7-10)11-5-6-13-9;1-2/h3-7H,1-2H3;1-2H3. The van der Waals surface area contributed by atoms with Gasteiger partial charge in [-0.05, 0) is 6.08 Å². The molecule has 0 saturated heterocycles. The monoisotopic (exact) mass is 203 g/mol. The fourth-order valence-corrected chi connectivity index (χ4v) is 1.24. The molecule has 2 heterocycles. The van der Waals surface area contributed by atoms with Crippen LogP contribution >= 0.6 is 0 Å². The van der Waals surface area contributed by atoms with Crippen molar-refractivity contribution < 1.29 is 0 Å². The number of hydrogen-bond donors (Lipinski definition) is 0. The number of nitrogens with zero attached hydrogens (tertiary/aromatic N) is 3. The van der Waals surface area contributed by atoms with E-state index in [1.54, 1.807) is 18.6 Å². The Labute approximate surface area is 90.3 Å². The summed E-state index contributed by atoms with van der Waals surface area (Å²) < 4.78 is 0. The molecule has 0 amide bonds. The third kappa shape index (κ3) is 2.98. The largest absolute Gasteiger partial charge is 0.252 e. The molecule has 0 radical (unpaired) electrons. The first-order valence-corrected chi connectivity index (χ1v) is 5.23. The summed E-state index contributed by atoms with van der Waals surface area (Å²) in [5.74, 6) is 0. The highest BCUT2D eigenvalue weighted by molar-refractivity contribution is 5.33. The van der Waals surface area contributed by atoms with Crippen molar-refractivity contribution in [1.82, 2.24) is 9.97 Å². The van der Waals surface area contributed by atoms with Crippen LogP contribution in [0.4, 0.5) is 0 Å². The number of aromatic nitrogens is 2. The summed E-state index contributed by atoms with van der Waals surface area (Å²) in [5, 5.41) is 0.859. The highest BCUT2D eigenvalue weighted by atomic mass is 14.9. The maximum Gasteiger partial charge on any atom is 0.177 e. The van der Waals surface area contributed by atoms with Crippen LogP contribution in [0.3, 0.4) is 0 Å². The summed E-state index contributed by atoms with van der Waals surface area (Å²) >= 11 is 0. The predicted molar refractivity (Wildman–Crippen MR) is 61.5 cm³/mol. The topological polar surface area (TPSA) is 38.1 Å². The smallest absolute Gasteiger partial charge is 0.177 e. The summed E-state index contributed by atoms with van der Waals surface area (Å²) in [6.45, 7) is 8.23. The molecule has 1 aromatic rings. The Morgan fingerprint density at radius 3 is 2.47 bits per heavy atom. The maximum atomic E-state index is 4.22. The number of allylic oxidation sites excluding steroid dienone is 1. The summed E-state index contributed by atoms with van der Waals surface area (Å²) in [4.78, 5) is 12.6. The Hall–Kier alpha value is -1.51. The van der Waals surface area contributed by atoms with E-state index in [0.717, 1.165) is 5.35 Å². The summed E-state index contributed by atoms with van der Waals surface area (Å²) in [6, 6.07) is 0. The molecule has 0 bridgehead atoms. The van der Waals surface area contributed by atoms with Crippen LogP contribution in [0.2, 0.25) is 0 Å². The van der Waals surface area contributed by atoms with E-state index in [9.17, 15) is 0 Å². The molecule has 80 valence electrons. The first-order chi connectivity index (χ1) is 7.17. The highest BCUT2D eigenvalue weighted by Crippen LogP contribution is 2.18. The average Bonchev–Trinajstić information content (AvgIpc) is 2.37.